The molecule has 6 aliphatic heterocycles. The molecule has 14 aromatic carbocycles. The van der Waals surface area contributed by atoms with Crippen molar-refractivity contribution >= 4 is 142 Å². The van der Waals surface area contributed by atoms with E-state index in [1.54, 1.807) is 0 Å². The molecule has 744 valence electrons. The first-order valence-electron chi connectivity index (χ1n) is 55.2. The van der Waals surface area contributed by atoms with Gasteiger partial charge in [0, 0.05) is 112 Å². The van der Waals surface area contributed by atoms with Crippen LogP contribution in [0, 0.1) is 5.92 Å². The summed E-state index contributed by atoms with van der Waals surface area (Å²) in [6.07, 6.45) is 8.86. The van der Waals surface area contributed by atoms with Crippen molar-refractivity contribution in [3.8, 4) is 5.69 Å². The number of fused-ring (bicyclic) bond motifs is 17. The van der Waals surface area contributed by atoms with E-state index in [1.807, 2.05) is 0 Å². The number of rotatable bonds is 11. The first-order chi connectivity index (χ1) is 68.5. The van der Waals surface area contributed by atoms with Crippen molar-refractivity contribution < 1.29 is 0 Å². The minimum Gasteiger partial charge on any atom is -0.334 e. The van der Waals surface area contributed by atoms with E-state index in [-0.39, 0.29) is 84.1 Å². The summed E-state index contributed by atoms with van der Waals surface area (Å²) in [6, 6.07) is 113. The molecule has 15 aromatic rings. The molecular weight excluding hydrogens is 1760 g/mol. The van der Waals surface area contributed by atoms with Crippen LogP contribution in [0.25, 0.3) is 27.5 Å². The molecule has 0 N–H and O–H groups in total. The van der Waals surface area contributed by atoms with Crippen LogP contribution in [0.5, 0.6) is 0 Å². The molecule has 0 bridgehead atoms. The minimum absolute atomic E-state index is 0.0000798. The smallest absolute Gasteiger partial charge is 0.247 e. The Bertz CT molecular complexity index is 7760. The van der Waals surface area contributed by atoms with Gasteiger partial charge in [-0.2, -0.15) is 0 Å². The fourth-order valence-electron chi connectivity index (χ4n) is 28.8. The van der Waals surface area contributed by atoms with Crippen LogP contribution in [0.2, 0.25) is 0 Å². The largest absolute Gasteiger partial charge is 0.334 e. The number of para-hydroxylation sites is 2. The number of hydrogen-bond acceptors (Lipinski definition) is 5. The van der Waals surface area contributed by atoms with Crippen LogP contribution in [0.15, 0.2) is 279 Å². The van der Waals surface area contributed by atoms with Crippen LogP contribution in [0.1, 0.15) is 344 Å². The second kappa shape index (κ2) is 32.5. The van der Waals surface area contributed by atoms with Crippen LogP contribution < -0.4 is 57.3 Å². The third kappa shape index (κ3) is 14.8. The average Bonchev–Trinajstić information content (AvgIpc) is 1.45. The van der Waals surface area contributed by atoms with Crippen LogP contribution in [0.3, 0.4) is 0 Å². The summed E-state index contributed by atoms with van der Waals surface area (Å²) < 4.78 is 2.60. The first kappa shape index (κ1) is 97.4. The molecule has 8 heteroatoms. The Labute approximate surface area is 875 Å². The maximum absolute atomic E-state index is 2.91. The first-order valence-corrected chi connectivity index (χ1v) is 55.2. The van der Waals surface area contributed by atoms with E-state index in [2.05, 4.69) is 523 Å². The molecule has 23 rings (SSSR count). The second-order valence-electron chi connectivity index (χ2n) is 55.6. The maximum Gasteiger partial charge on any atom is 0.247 e. The van der Waals surface area contributed by atoms with E-state index in [1.165, 1.54) is 202 Å². The van der Waals surface area contributed by atoms with Gasteiger partial charge in [-0.3, -0.25) is 0 Å². The van der Waals surface area contributed by atoms with Gasteiger partial charge in [0.25, 0.3) is 0 Å². The Morgan fingerprint density at radius 1 is 0.281 bits per heavy atom. The summed E-state index contributed by atoms with van der Waals surface area (Å²) in [5.74, 6) is 0.347. The fourth-order valence-corrected chi connectivity index (χ4v) is 28.8. The Morgan fingerprint density at radius 3 is 1.17 bits per heavy atom. The fraction of sp³-hybridized carbons (Fsp3) is 0.391. The predicted molar refractivity (Wildman–Crippen MR) is 631 cm³/mol. The third-order valence-electron chi connectivity index (χ3n) is 38.0. The van der Waals surface area contributed by atoms with Crippen LogP contribution in [-0.4, -0.2) is 29.1 Å². The highest BCUT2D eigenvalue weighted by Crippen LogP contribution is 2.67. The summed E-state index contributed by atoms with van der Waals surface area (Å²) in [5.41, 5.74) is 45.4. The zero-order valence-corrected chi connectivity index (χ0v) is 93.6. The molecule has 2 fully saturated rings. The minimum atomic E-state index is -0.480. The number of benzene rings is 14. The summed E-state index contributed by atoms with van der Waals surface area (Å²) >= 11 is 0. The molecule has 0 spiro atoms. The Hall–Kier alpha value is -12.0. The molecule has 5 unspecified atom stereocenters. The summed E-state index contributed by atoms with van der Waals surface area (Å²) in [4.78, 5) is 13.7. The van der Waals surface area contributed by atoms with E-state index in [9.17, 15) is 0 Å². The third-order valence-corrected chi connectivity index (χ3v) is 38.0. The lowest BCUT2D eigenvalue weighted by atomic mass is 9.29. The Morgan fingerprint density at radius 2 is 0.678 bits per heavy atom. The molecule has 6 nitrogen and oxygen atoms in total. The summed E-state index contributed by atoms with van der Waals surface area (Å²) in [5, 5.41) is 2.59. The molecule has 2 saturated carbocycles. The lowest BCUT2D eigenvalue weighted by molar-refractivity contribution is 0.127. The molecule has 7 heterocycles. The van der Waals surface area contributed by atoms with Gasteiger partial charge in [0.2, 0.25) is 13.4 Å². The molecule has 0 radical (unpaired) electrons. The van der Waals surface area contributed by atoms with Crippen molar-refractivity contribution in [2.24, 2.45) is 5.92 Å². The number of anilines is 13. The Kier molecular flexibility index (Phi) is 21.7. The number of hydrogen-bond donors (Lipinski definition) is 0. The molecular formula is C138H156B2N6. The number of nitrogens with zero attached hydrogens (tertiary/aromatic N) is 6. The average molecular weight is 1920 g/mol. The van der Waals surface area contributed by atoms with E-state index < -0.39 is 5.41 Å². The maximum atomic E-state index is 2.91. The van der Waals surface area contributed by atoms with Gasteiger partial charge in [0.1, 0.15) is 0 Å². The van der Waals surface area contributed by atoms with Crippen LogP contribution in [-0.2, 0) is 65.0 Å². The summed E-state index contributed by atoms with van der Waals surface area (Å²) in [6.45, 7) is 76.0. The molecule has 8 aliphatic rings. The topological polar surface area (TPSA) is 21.1 Å². The van der Waals surface area contributed by atoms with Crippen molar-refractivity contribution in [1.82, 2.24) is 4.57 Å². The molecule has 1 aromatic heterocycles. The molecule has 5 atom stereocenters. The van der Waals surface area contributed by atoms with Crippen molar-refractivity contribution in [2.75, 3.05) is 24.5 Å². The van der Waals surface area contributed by atoms with Crippen LogP contribution >= 0.6 is 0 Å². The SMILES string of the molecule is CC(C)(C)c1ccc(N2c3cc4c(cc3B3c5cc6c(cc5C(C)(C)c5cc(C(C)(C)C)cc2c53)N(c2ccc(C(C)(C)C)cc2)C2(C)CCCCC62C)C2(C)CC(CC(C)(C)c3cc5c6c(c3)C(C)(C)c3cc7c(cc3B6c3ccc(N(c6ccccc6)c6ccccc6)cc3N5c3ccc(C(C)(C)C)cc3)c3cc(C(C)(C)C)ccc3n7-c3ccc(C(C)(C)C)cc3)CCC2(C)N4c2ccc(C(C)(C)C)cc2)cc1. The number of aromatic nitrogens is 1. The quantitative estimate of drug-likeness (QED) is 0.120. The normalized spacial score (nSPS) is 20.7. The van der Waals surface area contributed by atoms with Gasteiger partial charge in [-0.05, 0) is 341 Å². The summed E-state index contributed by atoms with van der Waals surface area (Å²) in [7, 11) is 0. The predicted octanol–water partition coefficient (Wildman–Crippen LogP) is 33.3. The lowest BCUT2D eigenvalue weighted by Gasteiger charge is -2.53. The van der Waals surface area contributed by atoms with Crippen molar-refractivity contribution in [2.45, 2.75) is 342 Å². The van der Waals surface area contributed by atoms with E-state index in [0.29, 0.717) is 5.92 Å². The zero-order valence-electron chi connectivity index (χ0n) is 93.6. The molecule has 2 aliphatic carbocycles. The lowest BCUT2D eigenvalue weighted by Crippen LogP contribution is -2.64. The van der Waals surface area contributed by atoms with Gasteiger partial charge in [-0.1, -0.05) is 364 Å². The van der Waals surface area contributed by atoms with Gasteiger partial charge in [-0.25, -0.2) is 0 Å². The van der Waals surface area contributed by atoms with Gasteiger partial charge in [0.15, 0.2) is 0 Å². The van der Waals surface area contributed by atoms with E-state index >= 15 is 0 Å². The monoisotopic (exact) mass is 1920 g/mol. The van der Waals surface area contributed by atoms with Crippen molar-refractivity contribution in [1.29, 1.82) is 0 Å². The van der Waals surface area contributed by atoms with Gasteiger partial charge in [-0.15, -0.1) is 0 Å². The van der Waals surface area contributed by atoms with Gasteiger partial charge >= 0.3 is 0 Å². The standard InChI is InChI=1S/C138H156B2N6/c1-125(2,3)87-44-55-97(56-45-87)142-115-67-54-92(130(16,17)18)72-103(115)104-78-112-105(81-116(104)142)133(24,25)110-74-94(76-122-123(110)139(112)111-66-65-102(141(95-40-34-32-35-41-95)96-42-36-33-37-43-96)77-119(111)143(122)98-57-46-88(47-58-98)126(4,5)6)132(22,23)84-86-68-71-138(31)136(29,85-86)108-80-114-120(83-118(108)146(138)101-63-52-91(53-64-101)129(13,14)15)144(99-59-48-89(49-60-99)127(7,8)9)121-75-93(131(19,20)21)73-109-124(121)140(114)113-79-107-117(82-106(113)134(109,26)27)145(137(30)70-39-38-69-135(107,137)28)100-61-50-90(51-62-100)128(10,11)12/h32-37,40-67,72-83,86H,38-39,68-71,84-85H2,1-31H3. The van der Waals surface area contributed by atoms with Gasteiger partial charge in [0.05, 0.1) is 22.1 Å². The second-order valence-corrected chi connectivity index (χ2v) is 55.6. The zero-order chi connectivity index (χ0) is 103. The highest BCUT2D eigenvalue weighted by Gasteiger charge is 2.63. The highest BCUT2D eigenvalue weighted by atomic mass is 15.3. The van der Waals surface area contributed by atoms with Gasteiger partial charge < -0.3 is 29.1 Å². The molecule has 0 amide bonds. The van der Waals surface area contributed by atoms with E-state index in [4.69, 9.17) is 0 Å². The molecule has 0 saturated heterocycles. The molecule has 146 heavy (non-hydrogen) atoms. The highest BCUT2D eigenvalue weighted by molar-refractivity contribution is 7.00. The Balaban J connectivity index is 0.735. The van der Waals surface area contributed by atoms with Crippen LogP contribution in [0.4, 0.5) is 73.9 Å². The van der Waals surface area contributed by atoms with E-state index in [0.717, 1.165) is 61.3 Å². The van der Waals surface area contributed by atoms with Crippen molar-refractivity contribution in [3.05, 3.63) is 357 Å². The van der Waals surface area contributed by atoms with Crippen molar-refractivity contribution in [3.63, 3.8) is 0 Å².